The van der Waals surface area contributed by atoms with E-state index in [1.807, 2.05) is 16.0 Å². The highest BCUT2D eigenvalue weighted by Gasteiger charge is 2.23. The Kier molecular flexibility index (Phi) is 5.33. The van der Waals surface area contributed by atoms with Crippen LogP contribution in [0.2, 0.25) is 0 Å². The second-order valence-electron chi connectivity index (χ2n) is 7.21. The molecule has 0 radical (unpaired) electrons. The maximum absolute atomic E-state index is 12.4. The Balaban J connectivity index is 1.29. The molecule has 1 fully saturated rings. The lowest BCUT2D eigenvalue weighted by Crippen LogP contribution is -2.44. The predicted molar refractivity (Wildman–Crippen MR) is 101 cm³/mol. The van der Waals surface area contributed by atoms with Crippen LogP contribution in [0.3, 0.4) is 0 Å². The molecule has 2 aliphatic rings. The van der Waals surface area contributed by atoms with Crippen LogP contribution >= 0.6 is 11.3 Å². The fourth-order valence-electron chi connectivity index (χ4n) is 3.74. The zero-order chi connectivity index (χ0) is 17.9. The fourth-order valence-corrected chi connectivity index (χ4v) is 4.63. The van der Waals surface area contributed by atoms with E-state index in [1.54, 1.807) is 6.20 Å². The van der Waals surface area contributed by atoms with Gasteiger partial charge in [0.15, 0.2) is 5.69 Å². The molecule has 2 aromatic heterocycles. The van der Waals surface area contributed by atoms with E-state index in [9.17, 15) is 4.79 Å². The van der Waals surface area contributed by atoms with E-state index in [0.29, 0.717) is 24.3 Å². The van der Waals surface area contributed by atoms with E-state index in [4.69, 9.17) is 0 Å². The van der Waals surface area contributed by atoms with Crippen LogP contribution in [0.15, 0.2) is 17.6 Å². The van der Waals surface area contributed by atoms with Gasteiger partial charge in [-0.05, 0) is 56.3 Å². The first-order valence-corrected chi connectivity index (χ1v) is 10.3. The smallest absolute Gasteiger partial charge is 0.273 e. The van der Waals surface area contributed by atoms with Crippen molar-refractivity contribution >= 4 is 17.2 Å². The van der Waals surface area contributed by atoms with Gasteiger partial charge in [-0.25, -0.2) is 4.68 Å². The summed E-state index contributed by atoms with van der Waals surface area (Å²) in [5.41, 5.74) is 1.85. The second kappa shape index (κ2) is 7.85. The largest absolute Gasteiger partial charge is 0.349 e. The molecule has 0 bridgehead atoms. The highest BCUT2D eigenvalue weighted by Crippen LogP contribution is 2.25. The number of hydrogen-bond donors (Lipinski definition) is 2. The lowest BCUT2D eigenvalue weighted by atomic mass is 10.1. The number of nitrogens with zero attached hydrogens (tertiary/aromatic N) is 4. The Labute approximate surface area is 157 Å². The van der Waals surface area contributed by atoms with Crippen molar-refractivity contribution in [3.63, 3.8) is 0 Å². The normalized spacial score (nSPS) is 19.9. The minimum atomic E-state index is -0.134. The van der Waals surface area contributed by atoms with Gasteiger partial charge in [-0.2, -0.15) is 0 Å². The molecule has 0 aromatic carbocycles. The van der Waals surface area contributed by atoms with Crippen molar-refractivity contribution < 1.29 is 4.79 Å². The summed E-state index contributed by atoms with van der Waals surface area (Å²) in [4.78, 5) is 16.4. The second-order valence-corrected chi connectivity index (χ2v) is 8.21. The molecular formula is C18H26N6OS. The number of rotatable bonds is 5. The van der Waals surface area contributed by atoms with Crippen molar-refractivity contribution in [2.45, 2.75) is 44.8 Å². The van der Waals surface area contributed by atoms with Crippen LogP contribution < -0.4 is 10.6 Å². The third-order valence-corrected chi connectivity index (χ3v) is 6.47. The highest BCUT2D eigenvalue weighted by molar-refractivity contribution is 7.10. The standard InChI is InChI=1S/C18H26N6OS/c1-13(23-8-4-17-14(11-23)5-9-26-17)10-20-18(25)16-12-24(22-21-16)15-2-6-19-7-3-15/h5,9,12-13,15,19H,2-4,6-8,10-11H2,1H3,(H,20,25). The van der Waals surface area contributed by atoms with Gasteiger partial charge >= 0.3 is 0 Å². The summed E-state index contributed by atoms with van der Waals surface area (Å²) >= 11 is 1.85. The van der Waals surface area contributed by atoms with E-state index in [-0.39, 0.29) is 5.91 Å². The van der Waals surface area contributed by atoms with E-state index < -0.39 is 0 Å². The van der Waals surface area contributed by atoms with Gasteiger partial charge in [0.25, 0.3) is 5.91 Å². The number of carbonyl (C=O) groups is 1. The molecule has 26 heavy (non-hydrogen) atoms. The van der Waals surface area contributed by atoms with Gasteiger partial charge in [-0.15, -0.1) is 16.4 Å². The minimum Gasteiger partial charge on any atom is -0.349 e. The fraction of sp³-hybridized carbons (Fsp3) is 0.611. The van der Waals surface area contributed by atoms with Crippen LogP contribution in [0.4, 0.5) is 0 Å². The lowest BCUT2D eigenvalue weighted by Gasteiger charge is -2.32. The van der Waals surface area contributed by atoms with Crippen LogP contribution in [-0.2, 0) is 13.0 Å². The molecule has 0 spiro atoms. The third kappa shape index (κ3) is 3.82. The van der Waals surface area contributed by atoms with Gasteiger partial charge in [0.1, 0.15) is 0 Å². The van der Waals surface area contributed by atoms with Crippen molar-refractivity contribution in [3.8, 4) is 0 Å². The molecule has 0 saturated carbocycles. The maximum atomic E-state index is 12.4. The molecule has 1 amide bonds. The summed E-state index contributed by atoms with van der Waals surface area (Å²) in [6.07, 6.45) is 4.95. The molecular weight excluding hydrogens is 348 g/mol. The summed E-state index contributed by atoms with van der Waals surface area (Å²) in [7, 11) is 0. The first kappa shape index (κ1) is 17.6. The Morgan fingerprint density at radius 2 is 2.31 bits per heavy atom. The molecule has 1 unspecified atom stereocenters. The van der Waals surface area contributed by atoms with Gasteiger partial charge in [0.05, 0.1) is 12.2 Å². The molecule has 2 N–H and O–H groups in total. The van der Waals surface area contributed by atoms with Gasteiger partial charge < -0.3 is 10.6 Å². The van der Waals surface area contributed by atoms with Gasteiger partial charge in [0.2, 0.25) is 0 Å². The minimum absolute atomic E-state index is 0.134. The summed E-state index contributed by atoms with van der Waals surface area (Å²) in [6, 6.07) is 2.86. The van der Waals surface area contributed by atoms with Crippen LogP contribution in [0, 0.1) is 0 Å². The van der Waals surface area contributed by atoms with Crippen LogP contribution in [0.5, 0.6) is 0 Å². The zero-order valence-corrected chi connectivity index (χ0v) is 16.0. The van der Waals surface area contributed by atoms with Gasteiger partial charge in [0, 0.05) is 30.6 Å². The molecule has 2 aromatic rings. The summed E-state index contributed by atoms with van der Waals surface area (Å²) in [5.74, 6) is -0.134. The van der Waals surface area contributed by atoms with Crippen molar-refractivity contribution in [1.82, 2.24) is 30.5 Å². The number of piperidine rings is 1. The average molecular weight is 375 g/mol. The van der Waals surface area contributed by atoms with Gasteiger partial charge in [-0.3, -0.25) is 9.69 Å². The molecule has 2 aliphatic heterocycles. The number of fused-ring (bicyclic) bond motifs is 1. The van der Waals surface area contributed by atoms with Crippen molar-refractivity contribution in [3.05, 3.63) is 33.8 Å². The molecule has 140 valence electrons. The summed E-state index contributed by atoms with van der Waals surface area (Å²) in [5, 5.41) is 16.8. The Hall–Kier alpha value is -1.77. The van der Waals surface area contributed by atoms with Crippen molar-refractivity contribution in [1.29, 1.82) is 0 Å². The van der Waals surface area contributed by atoms with Crippen LogP contribution in [0.25, 0.3) is 0 Å². The number of hydrogen-bond acceptors (Lipinski definition) is 6. The zero-order valence-electron chi connectivity index (χ0n) is 15.1. The quantitative estimate of drug-likeness (QED) is 0.828. The van der Waals surface area contributed by atoms with Crippen LogP contribution in [0.1, 0.15) is 46.7 Å². The van der Waals surface area contributed by atoms with E-state index in [1.165, 1.54) is 10.4 Å². The molecule has 7 nitrogen and oxygen atoms in total. The predicted octanol–water partition coefficient (Wildman–Crippen LogP) is 1.44. The monoisotopic (exact) mass is 374 g/mol. The van der Waals surface area contributed by atoms with E-state index in [0.717, 1.165) is 45.4 Å². The average Bonchev–Trinajstić information content (AvgIpc) is 3.35. The summed E-state index contributed by atoms with van der Waals surface area (Å²) in [6.45, 7) is 6.80. The molecule has 1 atom stereocenters. The number of thiophene rings is 1. The number of aromatic nitrogens is 3. The first-order chi connectivity index (χ1) is 12.7. The molecule has 4 heterocycles. The Morgan fingerprint density at radius 1 is 1.46 bits per heavy atom. The molecule has 1 saturated heterocycles. The van der Waals surface area contributed by atoms with Gasteiger partial charge in [-0.1, -0.05) is 5.21 Å². The maximum Gasteiger partial charge on any atom is 0.273 e. The Bertz CT molecular complexity index is 750. The third-order valence-electron chi connectivity index (χ3n) is 5.44. The van der Waals surface area contributed by atoms with E-state index >= 15 is 0 Å². The molecule has 8 heteroatoms. The number of amides is 1. The lowest BCUT2D eigenvalue weighted by molar-refractivity contribution is 0.0927. The number of nitrogens with one attached hydrogen (secondary N) is 2. The molecule has 0 aliphatic carbocycles. The SMILES string of the molecule is CC(CNC(=O)c1cn(C2CCNCC2)nn1)N1CCc2sccc2C1. The van der Waals surface area contributed by atoms with E-state index in [2.05, 4.69) is 44.2 Å². The number of carbonyl (C=O) groups excluding carboxylic acids is 1. The molecule has 4 rings (SSSR count). The van der Waals surface area contributed by atoms with Crippen molar-refractivity contribution in [2.75, 3.05) is 26.2 Å². The highest BCUT2D eigenvalue weighted by atomic mass is 32.1. The first-order valence-electron chi connectivity index (χ1n) is 9.41. The Morgan fingerprint density at radius 3 is 3.15 bits per heavy atom. The van der Waals surface area contributed by atoms with Crippen molar-refractivity contribution in [2.24, 2.45) is 0 Å². The topological polar surface area (TPSA) is 75.1 Å². The summed E-state index contributed by atoms with van der Waals surface area (Å²) < 4.78 is 1.85. The van der Waals surface area contributed by atoms with Crippen LogP contribution in [-0.4, -0.2) is 58.0 Å².